The average molecular weight is 248 g/mol. The molecule has 3 rings (SSSR count). The molecule has 0 aliphatic carbocycles. The maximum Gasteiger partial charge on any atom is 0.233 e. The lowest BCUT2D eigenvalue weighted by Crippen LogP contribution is -2.61. The van der Waals surface area contributed by atoms with Crippen LogP contribution in [0.5, 0.6) is 0 Å². The van der Waals surface area contributed by atoms with Crippen LogP contribution in [-0.2, 0) is 10.3 Å². The number of carbonyl (C=O) groups excluding carboxylic acids is 1. The predicted molar refractivity (Wildman–Crippen MR) is 69.8 cm³/mol. The van der Waals surface area contributed by atoms with Crippen LogP contribution in [0.2, 0.25) is 0 Å². The molecule has 1 amide bonds. The van der Waals surface area contributed by atoms with Crippen LogP contribution in [-0.4, -0.2) is 35.0 Å². The summed E-state index contributed by atoms with van der Waals surface area (Å²) in [6.45, 7) is 3.90. The highest BCUT2D eigenvalue weighted by Crippen LogP contribution is 2.40. The van der Waals surface area contributed by atoms with E-state index in [0.29, 0.717) is 5.75 Å². The first kappa shape index (κ1) is 11.1. The number of nitrogens with one attached hydrogen (secondary N) is 1. The van der Waals surface area contributed by atoms with Crippen LogP contribution in [0.1, 0.15) is 12.5 Å². The summed E-state index contributed by atoms with van der Waals surface area (Å²) in [6, 6.07) is 10.4. The third-order valence-electron chi connectivity index (χ3n) is 3.68. The number of hydrogen-bond donors (Lipinski definition) is 1. The first-order valence-electron chi connectivity index (χ1n) is 5.93. The number of carbonyl (C=O) groups is 1. The molecule has 90 valence electrons. The van der Waals surface area contributed by atoms with Crippen molar-refractivity contribution in [3.05, 3.63) is 35.9 Å². The molecule has 2 saturated heterocycles. The number of benzene rings is 1. The molecule has 2 heterocycles. The Morgan fingerprint density at radius 3 is 2.94 bits per heavy atom. The van der Waals surface area contributed by atoms with E-state index in [-0.39, 0.29) is 16.8 Å². The molecule has 3 nitrogen and oxygen atoms in total. The van der Waals surface area contributed by atoms with Gasteiger partial charge in [0, 0.05) is 13.1 Å². The van der Waals surface area contributed by atoms with Crippen LogP contribution in [0.3, 0.4) is 0 Å². The fraction of sp³-hybridized carbons (Fsp3) is 0.462. The zero-order valence-electron chi connectivity index (χ0n) is 9.85. The highest BCUT2D eigenvalue weighted by Gasteiger charge is 2.47. The normalized spacial score (nSPS) is 32.6. The van der Waals surface area contributed by atoms with Gasteiger partial charge in [-0.1, -0.05) is 30.3 Å². The molecule has 2 aliphatic rings. The number of rotatable bonds is 1. The van der Waals surface area contributed by atoms with E-state index in [4.69, 9.17) is 0 Å². The topological polar surface area (TPSA) is 32.3 Å². The number of fused-ring (bicyclic) bond motifs is 1. The Morgan fingerprint density at radius 2 is 2.18 bits per heavy atom. The lowest BCUT2D eigenvalue weighted by atomic mass is 9.89. The molecule has 0 radical (unpaired) electrons. The predicted octanol–water partition coefficient (Wildman–Crippen LogP) is 1.41. The third kappa shape index (κ3) is 1.67. The molecule has 2 fully saturated rings. The summed E-state index contributed by atoms with van der Waals surface area (Å²) in [5.74, 6) is 0.901. The first-order chi connectivity index (χ1) is 8.22. The second kappa shape index (κ2) is 4.03. The van der Waals surface area contributed by atoms with E-state index in [0.717, 1.165) is 13.1 Å². The van der Waals surface area contributed by atoms with E-state index >= 15 is 0 Å². The molecule has 2 aliphatic heterocycles. The molecule has 0 bridgehead atoms. The summed E-state index contributed by atoms with van der Waals surface area (Å²) < 4.78 is 0. The molecule has 1 aromatic rings. The van der Waals surface area contributed by atoms with E-state index in [1.807, 2.05) is 11.0 Å². The highest BCUT2D eigenvalue weighted by atomic mass is 32.2. The molecular formula is C13H16N2OS. The Hall–Kier alpha value is -1.000. The van der Waals surface area contributed by atoms with Gasteiger partial charge >= 0.3 is 0 Å². The van der Waals surface area contributed by atoms with Crippen molar-refractivity contribution in [3.8, 4) is 0 Å². The van der Waals surface area contributed by atoms with Gasteiger partial charge in [-0.15, -0.1) is 11.8 Å². The molecular weight excluding hydrogens is 232 g/mol. The van der Waals surface area contributed by atoms with Gasteiger partial charge in [0.1, 0.15) is 5.37 Å². The minimum absolute atomic E-state index is 0.129. The number of amides is 1. The van der Waals surface area contributed by atoms with Gasteiger partial charge in [0.05, 0.1) is 11.3 Å². The molecule has 1 N–H and O–H groups in total. The molecule has 4 heteroatoms. The van der Waals surface area contributed by atoms with Gasteiger partial charge in [0.2, 0.25) is 5.91 Å². The number of hydrogen-bond acceptors (Lipinski definition) is 3. The van der Waals surface area contributed by atoms with Crippen molar-refractivity contribution in [2.24, 2.45) is 0 Å². The Balaban J connectivity index is 1.99. The summed E-state index contributed by atoms with van der Waals surface area (Å²) in [5, 5.41) is 3.82. The Bertz CT molecular complexity index is 436. The lowest BCUT2D eigenvalue weighted by Gasteiger charge is -2.45. The number of piperazine rings is 1. The minimum Gasteiger partial charge on any atom is -0.326 e. The van der Waals surface area contributed by atoms with Crippen LogP contribution < -0.4 is 5.32 Å². The van der Waals surface area contributed by atoms with Crippen LogP contribution in [0.25, 0.3) is 0 Å². The molecule has 2 atom stereocenters. The largest absolute Gasteiger partial charge is 0.326 e. The van der Waals surface area contributed by atoms with Gasteiger partial charge < -0.3 is 10.2 Å². The Labute approximate surface area is 106 Å². The molecule has 0 spiro atoms. The maximum absolute atomic E-state index is 11.8. The van der Waals surface area contributed by atoms with Gasteiger partial charge in [-0.3, -0.25) is 4.79 Å². The second-order valence-corrected chi connectivity index (χ2v) is 5.81. The van der Waals surface area contributed by atoms with Gasteiger partial charge in [-0.2, -0.15) is 0 Å². The lowest BCUT2D eigenvalue weighted by molar-refractivity contribution is -0.130. The van der Waals surface area contributed by atoms with E-state index in [1.165, 1.54) is 5.56 Å². The van der Waals surface area contributed by atoms with Crippen LogP contribution in [0.4, 0.5) is 0 Å². The quantitative estimate of drug-likeness (QED) is 0.815. The molecule has 1 aromatic carbocycles. The van der Waals surface area contributed by atoms with Gasteiger partial charge in [0.15, 0.2) is 0 Å². The molecule has 0 saturated carbocycles. The maximum atomic E-state index is 11.8. The SMILES string of the molecule is C[C@]1(c2ccccc2)NCCN2C(=O)CS[C@H]21. The monoisotopic (exact) mass is 248 g/mol. The van der Waals surface area contributed by atoms with E-state index in [1.54, 1.807) is 11.8 Å². The van der Waals surface area contributed by atoms with Gasteiger partial charge in [-0.05, 0) is 12.5 Å². The van der Waals surface area contributed by atoms with E-state index < -0.39 is 0 Å². The van der Waals surface area contributed by atoms with Crippen LogP contribution in [0.15, 0.2) is 30.3 Å². The van der Waals surface area contributed by atoms with Crippen molar-refractivity contribution in [1.29, 1.82) is 0 Å². The van der Waals surface area contributed by atoms with Crippen molar-refractivity contribution in [2.75, 3.05) is 18.8 Å². The van der Waals surface area contributed by atoms with Crippen molar-refractivity contribution in [3.63, 3.8) is 0 Å². The zero-order valence-corrected chi connectivity index (χ0v) is 10.7. The zero-order chi connectivity index (χ0) is 11.9. The summed E-state index contributed by atoms with van der Waals surface area (Å²) in [4.78, 5) is 13.8. The third-order valence-corrected chi connectivity index (χ3v) is 5.14. The van der Waals surface area contributed by atoms with E-state index in [2.05, 4.69) is 36.5 Å². The fourth-order valence-corrected chi connectivity index (χ4v) is 4.15. The van der Waals surface area contributed by atoms with Crippen molar-refractivity contribution < 1.29 is 4.79 Å². The molecule has 0 aromatic heterocycles. The van der Waals surface area contributed by atoms with Crippen molar-refractivity contribution >= 4 is 17.7 Å². The summed E-state index contributed by atoms with van der Waals surface area (Å²) in [6.07, 6.45) is 0. The summed E-state index contributed by atoms with van der Waals surface area (Å²) in [5.41, 5.74) is 1.13. The fourth-order valence-electron chi connectivity index (χ4n) is 2.73. The Kier molecular flexibility index (Phi) is 2.64. The van der Waals surface area contributed by atoms with Gasteiger partial charge in [-0.25, -0.2) is 0 Å². The van der Waals surface area contributed by atoms with Crippen molar-refractivity contribution in [1.82, 2.24) is 10.2 Å². The Morgan fingerprint density at radius 1 is 1.41 bits per heavy atom. The van der Waals surface area contributed by atoms with E-state index in [9.17, 15) is 4.79 Å². The molecule has 17 heavy (non-hydrogen) atoms. The smallest absolute Gasteiger partial charge is 0.233 e. The standard InChI is InChI=1S/C13H16N2OS/c1-13(10-5-3-2-4-6-10)12-15(8-7-14-13)11(16)9-17-12/h2-6,12,14H,7-9H2,1H3/t12-,13+/m0/s1. The number of nitrogens with zero attached hydrogens (tertiary/aromatic N) is 1. The van der Waals surface area contributed by atoms with Crippen LogP contribution >= 0.6 is 11.8 Å². The second-order valence-electron chi connectivity index (χ2n) is 4.75. The van der Waals surface area contributed by atoms with Gasteiger partial charge in [0.25, 0.3) is 0 Å². The first-order valence-corrected chi connectivity index (χ1v) is 6.98. The highest BCUT2D eigenvalue weighted by molar-refractivity contribution is 8.01. The summed E-state index contributed by atoms with van der Waals surface area (Å²) >= 11 is 1.75. The van der Waals surface area contributed by atoms with Crippen molar-refractivity contribution in [2.45, 2.75) is 17.8 Å². The summed E-state index contributed by atoms with van der Waals surface area (Å²) in [7, 11) is 0. The average Bonchev–Trinajstić information content (AvgIpc) is 2.74. The van der Waals surface area contributed by atoms with Crippen LogP contribution in [0, 0.1) is 0 Å². The molecule has 0 unspecified atom stereocenters. The number of thioether (sulfide) groups is 1. The minimum atomic E-state index is -0.129.